The third-order valence-corrected chi connectivity index (χ3v) is 3.86. The molecule has 1 aliphatic rings. The second kappa shape index (κ2) is 5.74. The Morgan fingerprint density at radius 3 is 2.74 bits per heavy atom. The van der Waals surface area contributed by atoms with Gasteiger partial charge in [-0.2, -0.15) is 0 Å². The number of hydrogen-bond donors (Lipinski definition) is 2. The van der Waals surface area contributed by atoms with Crippen molar-refractivity contribution in [1.29, 1.82) is 0 Å². The molecule has 0 aliphatic heterocycles. The zero-order valence-electron chi connectivity index (χ0n) is 12.1. The number of carbonyl (C=O) groups is 1. The van der Waals surface area contributed by atoms with E-state index in [1.54, 1.807) is 0 Å². The SMILES string of the molecule is CCC(C)(C)C(=O)Nc1cccc(CNC2CC2)c1. The monoisotopic (exact) mass is 260 g/mol. The third kappa shape index (κ3) is 4.06. The fourth-order valence-corrected chi connectivity index (χ4v) is 1.77. The average molecular weight is 260 g/mol. The first-order valence-electron chi connectivity index (χ1n) is 7.15. The molecule has 1 amide bonds. The fourth-order valence-electron chi connectivity index (χ4n) is 1.77. The van der Waals surface area contributed by atoms with E-state index in [2.05, 4.69) is 22.8 Å². The Bertz CT molecular complexity index is 450. The Kier molecular flexibility index (Phi) is 4.25. The summed E-state index contributed by atoms with van der Waals surface area (Å²) in [4.78, 5) is 12.1. The molecule has 2 N–H and O–H groups in total. The maximum absolute atomic E-state index is 12.1. The van der Waals surface area contributed by atoms with Crippen molar-refractivity contribution in [3.8, 4) is 0 Å². The lowest BCUT2D eigenvalue weighted by Crippen LogP contribution is -2.30. The molecule has 19 heavy (non-hydrogen) atoms. The minimum Gasteiger partial charge on any atom is -0.326 e. The first kappa shape index (κ1) is 14.1. The molecule has 0 heterocycles. The Labute approximate surface area is 115 Å². The number of anilines is 1. The van der Waals surface area contributed by atoms with E-state index in [0.29, 0.717) is 6.04 Å². The van der Waals surface area contributed by atoms with E-state index in [1.807, 2.05) is 32.9 Å². The van der Waals surface area contributed by atoms with Crippen LogP contribution in [-0.4, -0.2) is 11.9 Å². The van der Waals surface area contributed by atoms with Crippen LogP contribution < -0.4 is 10.6 Å². The highest BCUT2D eigenvalue weighted by atomic mass is 16.2. The first-order chi connectivity index (χ1) is 9.01. The van der Waals surface area contributed by atoms with Crippen LogP contribution in [0.2, 0.25) is 0 Å². The molecule has 0 atom stereocenters. The van der Waals surface area contributed by atoms with E-state index in [-0.39, 0.29) is 11.3 Å². The molecule has 2 rings (SSSR count). The van der Waals surface area contributed by atoms with E-state index in [1.165, 1.54) is 18.4 Å². The van der Waals surface area contributed by atoms with Crippen molar-refractivity contribution in [1.82, 2.24) is 5.32 Å². The van der Waals surface area contributed by atoms with Gasteiger partial charge in [-0.1, -0.05) is 32.9 Å². The van der Waals surface area contributed by atoms with Gasteiger partial charge in [0.05, 0.1) is 0 Å². The predicted molar refractivity (Wildman–Crippen MR) is 79.0 cm³/mol. The molecule has 0 saturated heterocycles. The van der Waals surface area contributed by atoms with Crippen molar-refractivity contribution in [2.24, 2.45) is 5.41 Å². The molecule has 0 spiro atoms. The van der Waals surface area contributed by atoms with Crippen LogP contribution in [-0.2, 0) is 11.3 Å². The van der Waals surface area contributed by atoms with Gasteiger partial charge in [0.2, 0.25) is 5.91 Å². The molecule has 0 bridgehead atoms. The second-order valence-electron chi connectivity index (χ2n) is 6.05. The molecule has 1 aliphatic carbocycles. The third-order valence-electron chi connectivity index (χ3n) is 3.86. The summed E-state index contributed by atoms with van der Waals surface area (Å²) < 4.78 is 0. The van der Waals surface area contributed by atoms with Gasteiger partial charge >= 0.3 is 0 Å². The quantitative estimate of drug-likeness (QED) is 0.824. The van der Waals surface area contributed by atoms with Gasteiger partial charge < -0.3 is 10.6 Å². The topological polar surface area (TPSA) is 41.1 Å². The molecule has 0 radical (unpaired) electrons. The van der Waals surface area contributed by atoms with Gasteiger partial charge in [0, 0.05) is 23.7 Å². The summed E-state index contributed by atoms with van der Waals surface area (Å²) >= 11 is 0. The highest BCUT2D eigenvalue weighted by Crippen LogP contribution is 2.23. The minimum absolute atomic E-state index is 0.0855. The lowest BCUT2D eigenvalue weighted by molar-refractivity contribution is -0.124. The summed E-state index contributed by atoms with van der Waals surface area (Å²) in [5.41, 5.74) is 1.79. The maximum Gasteiger partial charge on any atom is 0.230 e. The number of hydrogen-bond acceptors (Lipinski definition) is 2. The summed E-state index contributed by atoms with van der Waals surface area (Å²) in [7, 11) is 0. The lowest BCUT2D eigenvalue weighted by Gasteiger charge is -2.21. The van der Waals surface area contributed by atoms with Crippen molar-refractivity contribution in [3.63, 3.8) is 0 Å². The van der Waals surface area contributed by atoms with E-state index >= 15 is 0 Å². The van der Waals surface area contributed by atoms with Crippen molar-refractivity contribution < 1.29 is 4.79 Å². The Morgan fingerprint density at radius 2 is 2.11 bits per heavy atom. The van der Waals surface area contributed by atoms with E-state index in [4.69, 9.17) is 0 Å². The van der Waals surface area contributed by atoms with Crippen LogP contribution in [0.5, 0.6) is 0 Å². The molecular formula is C16H24N2O. The molecule has 0 aromatic heterocycles. The zero-order chi connectivity index (χ0) is 13.9. The van der Waals surface area contributed by atoms with Gasteiger partial charge in [0.1, 0.15) is 0 Å². The minimum atomic E-state index is -0.317. The maximum atomic E-state index is 12.1. The smallest absolute Gasteiger partial charge is 0.230 e. The largest absolute Gasteiger partial charge is 0.326 e. The average Bonchev–Trinajstić information content (AvgIpc) is 3.21. The summed E-state index contributed by atoms with van der Waals surface area (Å²) in [5.74, 6) is 0.0855. The van der Waals surface area contributed by atoms with Crippen LogP contribution in [0.15, 0.2) is 24.3 Å². The molecule has 1 aromatic carbocycles. The van der Waals surface area contributed by atoms with Crippen LogP contribution in [0.4, 0.5) is 5.69 Å². The van der Waals surface area contributed by atoms with Crippen molar-refractivity contribution in [3.05, 3.63) is 29.8 Å². The summed E-state index contributed by atoms with van der Waals surface area (Å²) in [6, 6.07) is 8.80. The molecule has 1 fully saturated rings. The van der Waals surface area contributed by atoms with Crippen LogP contribution in [0.1, 0.15) is 45.6 Å². The van der Waals surface area contributed by atoms with E-state index < -0.39 is 0 Å². The van der Waals surface area contributed by atoms with Crippen molar-refractivity contribution in [2.75, 3.05) is 5.32 Å². The van der Waals surface area contributed by atoms with Gasteiger partial charge in [0.15, 0.2) is 0 Å². The summed E-state index contributed by atoms with van der Waals surface area (Å²) in [6.07, 6.45) is 3.42. The molecule has 0 unspecified atom stereocenters. The molecule has 3 nitrogen and oxygen atoms in total. The number of rotatable bonds is 6. The zero-order valence-corrected chi connectivity index (χ0v) is 12.1. The highest BCUT2D eigenvalue weighted by molar-refractivity contribution is 5.94. The normalized spacial score (nSPS) is 15.3. The van der Waals surface area contributed by atoms with Gasteiger partial charge in [-0.05, 0) is 37.0 Å². The Hall–Kier alpha value is -1.35. The second-order valence-corrected chi connectivity index (χ2v) is 6.05. The lowest BCUT2D eigenvalue weighted by atomic mass is 9.89. The number of amides is 1. The van der Waals surface area contributed by atoms with Gasteiger partial charge in [-0.3, -0.25) is 4.79 Å². The fraction of sp³-hybridized carbons (Fsp3) is 0.562. The van der Waals surface area contributed by atoms with Crippen molar-refractivity contribution in [2.45, 2.75) is 52.6 Å². The van der Waals surface area contributed by atoms with Gasteiger partial charge in [-0.25, -0.2) is 0 Å². The van der Waals surface area contributed by atoms with Crippen LogP contribution in [0.3, 0.4) is 0 Å². The van der Waals surface area contributed by atoms with E-state index in [0.717, 1.165) is 18.7 Å². The van der Waals surface area contributed by atoms with Crippen molar-refractivity contribution >= 4 is 11.6 Å². The standard InChI is InChI=1S/C16H24N2O/c1-4-16(2,3)15(19)18-14-7-5-6-12(10-14)11-17-13-8-9-13/h5-7,10,13,17H,4,8-9,11H2,1-3H3,(H,18,19). The van der Waals surface area contributed by atoms with Gasteiger partial charge in [-0.15, -0.1) is 0 Å². The Morgan fingerprint density at radius 1 is 1.37 bits per heavy atom. The number of benzene rings is 1. The molecule has 1 aromatic rings. The summed E-state index contributed by atoms with van der Waals surface area (Å²) in [6.45, 7) is 6.86. The summed E-state index contributed by atoms with van der Waals surface area (Å²) in [5, 5.41) is 6.49. The van der Waals surface area contributed by atoms with Crippen LogP contribution in [0.25, 0.3) is 0 Å². The van der Waals surface area contributed by atoms with Crippen LogP contribution in [0, 0.1) is 5.41 Å². The predicted octanol–water partition coefficient (Wildman–Crippen LogP) is 3.31. The molecule has 104 valence electrons. The number of nitrogens with one attached hydrogen (secondary N) is 2. The molecule has 3 heteroatoms. The van der Waals surface area contributed by atoms with E-state index in [9.17, 15) is 4.79 Å². The molecular weight excluding hydrogens is 236 g/mol. The Balaban J connectivity index is 1.95. The first-order valence-corrected chi connectivity index (χ1v) is 7.15. The highest BCUT2D eigenvalue weighted by Gasteiger charge is 2.25. The number of carbonyl (C=O) groups excluding carboxylic acids is 1. The van der Waals surface area contributed by atoms with Crippen LogP contribution >= 0.6 is 0 Å². The molecule has 1 saturated carbocycles. The van der Waals surface area contributed by atoms with Gasteiger partial charge in [0.25, 0.3) is 0 Å².